The number of aromatic amines is 1. The molecule has 4 aromatic rings. The second kappa shape index (κ2) is 9.19. The molecule has 6 rings (SSSR count). The van der Waals surface area contributed by atoms with Crippen LogP contribution in [-0.4, -0.2) is 50.4 Å². The van der Waals surface area contributed by atoms with Crippen LogP contribution in [0.5, 0.6) is 0 Å². The van der Waals surface area contributed by atoms with Crippen LogP contribution in [0.2, 0.25) is 0 Å². The average Bonchev–Trinajstić information content (AvgIpc) is 3.66. The lowest BCUT2D eigenvalue weighted by Gasteiger charge is -2.18. The van der Waals surface area contributed by atoms with Crippen LogP contribution in [0.3, 0.4) is 0 Å². The van der Waals surface area contributed by atoms with Crippen molar-refractivity contribution < 1.29 is 9.53 Å². The van der Waals surface area contributed by atoms with Gasteiger partial charge in [-0.3, -0.25) is 10.00 Å². The van der Waals surface area contributed by atoms with Crippen molar-refractivity contribution in [2.24, 2.45) is 0 Å². The molecule has 176 valence electrons. The second-order valence-electron chi connectivity index (χ2n) is 8.79. The molecule has 1 atom stereocenters. The number of benzene rings is 2. The number of hydrogen-bond donors (Lipinski definition) is 3. The summed E-state index contributed by atoms with van der Waals surface area (Å²) in [7, 11) is 0. The summed E-state index contributed by atoms with van der Waals surface area (Å²) in [5.74, 6) is 1.34. The smallest absolute Gasteiger partial charge is 0.410 e. The molecule has 4 heterocycles. The third-order valence-electron chi connectivity index (χ3n) is 6.37. The van der Waals surface area contributed by atoms with Gasteiger partial charge in [-0.25, -0.2) is 14.8 Å². The van der Waals surface area contributed by atoms with Gasteiger partial charge in [0.15, 0.2) is 5.82 Å². The highest BCUT2D eigenvalue weighted by atomic mass is 16.6. The molecule has 2 aliphatic rings. The van der Waals surface area contributed by atoms with E-state index in [1.807, 2.05) is 48.7 Å². The molecule has 1 saturated heterocycles. The first-order valence-corrected chi connectivity index (χ1v) is 11.7. The Morgan fingerprint density at radius 2 is 1.89 bits per heavy atom. The molecule has 0 spiro atoms. The predicted octanol–water partition coefficient (Wildman–Crippen LogP) is 4.09. The summed E-state index contributed by atoms with van der Waals surface area (Å²) in [5, 5.41) is 13.4. The predicted molar refractivity (Wildman–Crippen MR) is 132 cm³/mol. The lowest BCUT2D eigenvalue weighted by atomic mass is 10.1. The number of amides is 1. The molecule has 2 aromatic carbocycles. The molecule has 0 radical (unpaired) electrons. The van der Waals surface area contributed by atoms with Gasteiger partial charge in [0.05, 0.1) is 6.20 Å². The molecular weight excluding hydrogens is 442 g/mol. The molecule has 1 amide bonds. The van der Waals surface area contributed by atoms with E-state index in [4.69, 9.17) is 9.72 Å². The number of anilines is 2. The molecule has 9 nitrogen and oxygen atoms in total. The SMILES string of the molecule is O=C(OC1CCNC1)N1Cc2ccc(-c3nccc(Nc4ccc(-c5cn[nH]c5)cc4)n3)cc2C1. The van der Waals surface area contributed by atoms with Crippen molar-refractivity contribution in [3.63, 3.8) is 0 Å². The summed E-state index contributed by atoms with van der Waals surface area (Å²) >= 11 is 0. The number of hydrogen-bond acceptors (Lipinski definition) is 7. The van der Waals surface area contributed by atoms with Gasteiger partial charge in [0.1, 0.15) is 11.9 Å². The van der Waals surface area contributed by atoms with Gasteiger partial charge in [0, 0.05) is 48.8 Å². The molecule has 0 bridgehead atoms. The number of carbonyl (C=O) groups excluding carboxylic acids is 1. The summed E-state index contributed by atoms with van der Waals surface area (Å²) < 4.78 is 5.63. The highest BCUT2D eigenvalue weighted by Crippen LogP contribution is 2.29. The number of nitrogens with one attached hydrogen (secondary N) is 3. The zero-order chi connectivity index (χ0) is 23.6. The first kappa shape index (κ1) is 21.3. The quantitative estimate of drug-likeness (QED) is 0.406. The molecule has 0 aliphatic carbocycles. The molecule has 2 aliphatic heterocycles. The zero-order valence-corrected chi connectivity index (χ0v) is 19.1. The van der Waals surface area contributed by atoms with Crippen LogP contribution in [-0.2, 0) is 17.8 Å². The molecule has 3 N–H and O–H groups in total. The van der Waals surface area contributed by atoms with Crippen molar-refractivity contribution in [1.29, 1.82) is 0 Å². The van der Waals surface area contributed by atoms with Gasteiger partial charge in [-0.05, 0) is 53.9 Å². The van der Waals surface area contributed by atoms with E-state index in [0.717, 1.165) is 53.0 Å². The number of H-pyrrole nitrogens is 1. The first-order chi connectivity index (χ1) is 17.2. The van der Waals surface area contributed by atoms with Crippen molar-refractivity contribution >= 4 is 17.6 Å². The van der Waals surface area contributed by atoms with E-state index < -0.39 is 0 Å². The van der Waals surface area contributed by atoms with Crippen molar-refractivity contribution in [3.05, 3.63) is 78.2 Å². The minimum Gasteiger partial charge on any atom is -0.445 e. The van der Waals surface area contributed by atoms with Crippen LogP contribution in [0.4, 0.5) is 16.3 Å². The van der Waals surface area contributed by atoms with Gasteiger partial charge < -0.3 is 15.4 Å². The van der Waals surface area contributed by atoms with Gasteiger partial charge in [0.2, 0.25) is 0 Å². The van der Waals surface area contributed by atoms with Crippen LogP contribution < -0.4 is 10.6 Å². The van der Waals surface area contributed by atoms with Crippen LogP contribution >= 0.6 is 0 Å². The average molecular weight is 468 g/mol. The fourth-order valence-electron chi connectivity index (χ4n) is 4.48. The molecule has 2 aromatic heterocycles. The summed E-state index contributed by atoms with van der Waals surface area (Å²) in [6.45, 7) is 2.72. The lowest BCUT2D eigenvalue weighted by Crippen LogP contribution is -2.31. The third-order valence-corrected chi connectivity index (χ3v) is 6.37. The Hall–Kier alpha value is -4.24. The highest BCUT2D eigenvalue weighted by molar-refractivity contribution is 5.70. The van der Waals surface area contributed by atoms with Crippen molar-refractivity contribution in [1.82, 2.24) is 30.4 Å². The van der Waals surface area contributed by atoms with E-state index in [-0.39, 0.29) is 12.2 Å². The summed E-state index contributed by atoms with van der Waals surface area (Å²) in [6, 6.07) is 16.1. The van der Waals surface area contributed by atoms with Gasteiger partial charge in [-0.15, -0.1) is 0 Å². The Bertz CT molecular complexity index is 1330. The van der Waals surface area contributed by atoms with E-state index >= 15 is 0 Å². The molecule has 9 heteroatoms. The number of carbonyl (C=O) groups is 1. The summed E-state index contributed by atoms with van der Waals surface area (Å²) in [6.07, 6.45) is 5.99. The summed E-state index contributed by atoms with van der Waals surface area (Å²) in [4.78, 5) is 23.5. The lowest BCUT2D eigenvalue weighted by molar-refractivity contribution is 0.0695. The fraction of sp³-hybridized carbons (Fsp3) is 0.231. The van der Waals surface area contributed by atoms with Crippen molar-refractivity contribution in [2.45, 2.75) is 25.6 Å². The maximum absolute atomic E-state index is 12.6. The summed E-state index contributed by atoms with van der Waals surface area (Å²) in [5.41, 5.74) is 6.20. The highest BCUT2D eigenvalue weighted by Gasteiger charge is 2.28. The largest absolute Gasteiger partial charge is 0.445 e. The van der Waals surface area contributed by atoms with E-state index in [2.05, 4.69) is 31.9 Å². The van der Waals surface area contributed by atoms with Gasteiger partial charge in [-0.2, -0.15) is 5.10 Å². The van der Waals surface area contributed by atoms with Crippen molar-refractivity contribution in [3.8, 4) is 22.5 Å². The number of nitrogens with zero attached hydrogens (tertiary/aromatic N) is 4. The maximum atomic E-state index is 12.6. The molecule has 1 fully saturated rings. The maximum Gasteiger partial charge on any atom is 0.410 e. The van der Waals surface area contributed by atoms with Gasteiger partial charge in [-0.1, -0.05) is 24.3 Å². The van der Waals surface area contributed by atoms with Gasteiger partial charge >= 0.3 is 6.09 Å². The Labute approximate surface area is 202 Å². The molecule has 35 heavy (non-hydrogen) atoms. The molecule has 1 unspecified atom stereocenters. The van der Waals surface area contributed by atoms with Gasteiger partial charge in [0.25, 0.3) is 0 Å². The van der Waals surface area contributed by atoms with Crippen LogP contribution in [0, 0.1) is 0 Å². The van der Waals surface area contributed by atoms with Crippen LogP contribution in [0.25, 0.3) is 22.5 Å². The standard InChI is InChI=1S/C26H25N7O2/c34-26(35-23-7-9-27-14-23)33-15-19-2-1-18(11-20(19)16-33)25-28-10-8-24(32-25)31-22-5-3-17(4-6-22)21-12-29-30-13-21/h1-6,8,10-13,23,27H,7,9,14-16H2,(H,29,30)(H,28,31,32). The normalized spacial score (nSPS) is 16.8. The van der Waals surface area contributed by atoms with E-state index in [9.17, 15) is 4.79 Å². The minimum absolute atomic E-state index is 0.0349. The van der Waals surface area contributed by atoms with E-state index in [1.54, 1.807) is 17.3 Å². The third kappa shape index (κ3) is 4.58. The van der Waals surface area contributed by atoms with E-state index in [1.165, 1.54) is 0 Å². The van der Waals surface area contributed by atoms with Crippen LogP contribution in [0.15, 0.2) is 67.1 Å². The van der Waals surface area contributed by atoms with Crippen molar-refractivity contribution in [2.75, 3.05) is 18.4 Å². The number of ether oxygens (including phenoxy) is 1. The molecular formula is C26H25N7O2. The molecule has 0 saturated carbocycles. The topological polar surface area (TPSA) is 108 Å². The Kier molecular flexibility index (Phi) is 5.59. The Balaban J connectivity index is 1.14. The second-order valence-corrected chi connectivity index (χ2v) is 8.79. The monoisotopic (exact) mass is 467 g/mol. The zero-order valence-electron chi connectivity index (χ0n) is 19.1. The fourth-order valence-corrected chi connectivity index (χ4v) is 4.48. The Morgan fingerprint density at radius 1 is 1.03 bits per heavy atom. The first-order valence-electron chi connectivity index (χ1n) is 11.7. The Morgan fingerprint density at radius 3 is 2.69 bits per heavy atom. The minimum atomic E-state index is -0.252. The number of aromatic nitrogens is 4. The van der Waals surface area contributed by atoms with E-state index in [0.29, 0.717) is 24.7 Å². The number of rotatable bonds is 5. The van der Waals surface area contributed by atoms with Crippen LogP contribution in [0.1, 0.15) is 17.5 Å². The number of fused-ring (bicyclic) bond motifs is 1.